The van der Waals surface area contributed by atoms with Gasteiger partial charge in [-0.05, 0) is 32.4 Å². The molecule has 1 aromatic heterocycles. The molecule has 150 valence electrons. The molecule has 1 aliphatic heterocycles. The Hall–Kier alpha value is -2.74. The van der Waals surface area contributed by atoms with Gasteiger partial charge in [-0.2, -0.15) is 0 Å². The minimum Gasteiger partial charge on any atom is -0.355 e. The number of para-hydroxylation sites is 1. The molecule has 0 unspecified atom stereocenters. The SMILES string of the molecule is CCNC(=O)CN1CCCN(C(=O)Cn2c(C)nc3ccccc3c2=O)CC1. The van der Waals surface area contributed by atoms with Crippen LogP contribution in [0.1, 0.15) is 19.2 Å². The molecule has 0 saturated carbocycles. The molecule has 1 saturated heterocycles. The van der Waals surface area contributed by atoms with Crippen molar-refractivity contribution in [3.63, 3.8) is 0 Å². The largest absolute Gasteiger partial charge is 0.355 e. The Labute approximate surface area is 164 Å². The molecule has 2 aromatic rings. The summed E-state index contributed by atoms with van der Waals surface area (Å²) >= 11 is 0. The number of hydrogen-bond acceptors (Lipinski definition) is 5. The van der Waals surface area contributed by atoms with Crippen molar-refractivity contribution in [3.05, 3.63) is 40.4 Å². The third-order valence-corrected chi connectivity index (χ3v) is 5.03. The van der Waals surface area contributed by atoms with E-state index in [1.807, 2.05) is 13.0 Å². The van der Waals surface area contributed by atoms with Crippen LogP contribution in [0.5, 0.6) is 0 Å². The molecule has 2 amide bonds. The molecule has 0 bridgehead atoms. The maximum atomic E-state index is 12.8. The van der Waals surface area contributed by atoms with E-state index in [2.05, 4.69) is 15.2 Å². The Morgan fingerprint density at radius 1 is 1.11 bits per heavy atom. The Kier molecular flexibility index (Phi) is 6.41. The van der Waals surface area contributed by atoms with Crippen molar-refractivity contribution in [1.82, 2.24) is 24.7 Å². The minimum atomic E-state index is -0.191. The van der Waals surface area contributed by atoms with Gasteiger partial charge in [0.2, 0.25) is 11.8 Å². The first kappa shape index (κ1) is 20.0. The molecule has 2 heterocycles. The molecule has 3 rings (SSSR count). The van der Waals surface area contributed by atoms with Gasteiger partial charge in [-0.3, -0.25) is 23.9 Å². The van der Waals surface area contributed by atoms with Crippen LogP contribution >= 0.6 is 0 Å². The summed E-state index contributed by atoms with van der Waals surface area (Å²) < 4.78 is 1.45. The fourth-order valence-electron chi connectivity index (χ4n) is 3.54. The highest BCUT2D eigenvalue weighted by molar-refractivity contribution is 5.79. The molecule has 1 N–H and O–H groups in total. The Bertz CT molecular complexity index is 924. The lowest BCUT2D eigenvalue weighted by molar-refractivity contribution is -0.131. The van der Waals surface area contributed by atoms with Gasteiger partial charge in [0.1, 0.15) is 12.4 Å². The molecule has 0 spiro atoms. The molecule has 0 atom stereocenters. The molecule has 1 aromatic carbocycles. The number of amides is 2. The minimum absolute atomic E-state index is 0.00620. The lowest BCUT2D eigenvalue weighted by Crippen LogP contribution is -2.41. The van der Waals surface area contributed by atoms with Crippen LogP contribution in [0.3, 0.4) is 0 Å². The quantitative estimate of drug-likeness (QED) is 0.804. The first-order chi connectivity index (χ1) is 13.5. The summed E-state index contributed by atoms with van der Waals surface area (Å²) in [6, 6.07) is 7.17. The maximum Gasteiger partial charge on any atom is 0.261 e. The van der Waals surface area contributed by atoms with Crippen molar-refractivity contribution >= 4 is 22.7 Å². The number of rotatable bonds is 5. The number of benzene rings is 1. The lowest BCUT2D eigenvalue weighted by Gasteiger charge is -2.22. The number of hydrogen-bond donors (Lipinski definition) is 1. The van der Waals surface area contributed by atoms with Gasteiger partial charge >= 0.3 is 0 Å². The predicted molar refractivity (Wildman–Crippen MR) is 107 cm³/mol. The average molecular weight is 385 g/mol. The van der Waals surface area contributed by atoms with Gasteiger partial charge in [-0.15, -0.1) is 0 Å². The van der Waals surface area contributed by atoms with Crippen LogP contribution in [0, 0.1) is 6.92 Å². The zero-order chi connectivity index (χ0) is 20.1. The zero-order valence-corrected chi connectivity index (χ0v) is 16.5. The summed E-state index contributed by atoms with van der Waals surface area (Å²) in [5.74, 6) is 0.443. The van der Waals surface area contributed by atoms with E-state index >= 15 is 0 Å². The van der Waals surface area contributed by atoms with Crippen LogP contribution in [-0.4, -0.2) is 70.4 Å². The molecule has 8 nitrogen and oxygen atoms in total. The number of nitrogens with one attached hydrogen (secondary N) is 1. The van der Waals surface area contributed by atoms with E-state index in [-0.39, 0.29) is 23.9 Å². The summed E-state index contributed by atoms with van der Waals surface area (Å²) in [5.41, 5.74) is 0.452. The number of aryl methyl sites for hydroxylation is 1. The summed E-state index contributed by atoms with van der Waals surface area (Å²) in [5, 5.41) is 3.32. The highest BCUT2D eigenvalue weighted by Gasteiger charge is 2.21. The third-order valence-electron chi connectivity index (χ3n) is 5.03. The van der Waals surface area contributed by atoms with Crippen molar-refractivity contribution in [3.8, 4) is 0 Å². The van der Waals surface area contributed by atoms with Crippen molar-refractivity contribution < 1.29 is 9.59 Å². The molecule has 28 heavy (non-hydrogen) atoms. The third kappa shape index (κ3) is 4.56. The smallest absolute Gasteiger partial charge is 0.261 e. The number of aromatic nitrogens is 2. The van der Waals surface area contributed by atoms with Crippen LogP contribution in [0.2, 0.25) is 0 Å². The van der Waals surface area contributed by atoms with Gasteiger partial charge < -0.3 is 10.2 Å². The van der Waals surface area contributed by atoms with Crippen LogP contribution in [0.25, 0.3) is 10.9 Å². The number of likely N-dealkylation sites (N-methyl/N-ethyl adjacent to an activating group) is 1. The molecule has 1 fully saturated rings. The molecule has 0 radical (unpaired) electrons. The predicted octanol–water partition coefficient (Wildman–Crippen LogP) is 0.375. The number of carbonyl (C=O) groups excluding carboxylic acids is 2. The van der Waals surface area contributed by atoms with Crippen LogP contribution in [0.15, 0.2) is 29.1 Å². The van der Waals surface area contributed by atoms with Crippen LogP contribution < -0.4 is 10.9 Å². The molecule has 8 heteroatoms. The summed E-state index contributed by atoms with van der Waals surface area (Å²) in [6.07, 6.45) is 0.801. The molecular formula is C20H27N5O3. The van der Waals surface area contributed by atoms with E-state index in [1.54, 1.807) is 30.0 Å². The van der Waals surface area contributed by atoms with E-state index in [9.17, 15) is 14.4 Å². The average Bonchev–Trinajstić information content (AvgIpc) is 2.91. The van der Waals surface area contributed by atoms with E-state index in [4.69, 9.17) is 0 Å². The summed E-state index contributed by atoms with van der Waals surface area (Å²) in [7, 11) is 0. The van der Waals surface area contributed by atoms with Crippen molar-refractivity contribution in [2.75, 3.05) is 39.3 Å². The Morgan fingerprint density at radius 2 is 1.89 bits per heavy atom. The van der Waals surface area contributed by atoms with Gasteiger partial charge in [0, 0.05) is 32.7 Å². The first-order valence-electron chi connectivity index (χ1n) is 9.72. The number of nitrogens with zero attached hydrogens (tertiary/aromatic N) is 4. The second-order valence-corrected chi connectivity index (χ2v) is 7.03. The normalized spacial score (nSPS) is 15.4. The summed E-state index contributed by atoms with van der Waals surface area (Å²) in [6.45, 7) is 7.19. The molecule has 1 aliphatic rings. The van der Waals surface area contributed by atoms with Crippen molar-refractivity contribution in [2.45, 2.75) is 26.8 Å². The number of carbonyl (C=O) groups is 2. The highest BCUT2D eigenvalue weighted by Crippen LogP contribution is 2.09. The Balaban J connectivity index is 1.68. The van der Waals surface area contributed by atoms with Gasteiger partial charge in [0.05, 0.1) is 17.4 Å². The topological polar surface area (TPSA) is 87.5 Å². The second kappa shape index (κ2) is 8.97. The summed E-state index contributed by atoms with van der Waals surface area (Å²) in [4.78, 5) is 45.7. The van der Waals surface area contributed by atoms with E-state index in [0.717, 1.165) is 13.0 Å². The fraction of sp³-hybridized carbons (Fsp3) is 0.500. The van der Waals surface area contributed by atoms with E-state index in [0.29, 0.717) is 49.5 Å². The Morgan fingerprint density at radius 3 is 2.68 bits per heavy atom. The zero-order valence-electron chi connectivity index (χ0n) is 16.5. The van der Waals surface area contributed by atoms with Crippen molar-refractivity contribution in [2.24, 2.45) is 0 Å². The van der Waals surface area contributed by atoms with Crippen LogP contribution in [-0.2, 0) is 16.1 Å². The van der Waals surface area contributed by atoms with Gasteiger partial charge in [-0.25, -0.2) is 4.98 Å². The second-order valence-electron chi connectivity index (χ2n) is 7.03. The standard InChI is InChI=1S/C20H27N5O3/c1-3-21-18(26)13-23-9-6-10-24(12-11-23)19(27)14-25-15(2)22-17-8-5-4-7-16(17)20(25)28/h4-5,7-8H,3,6,9-14H2,1-2H3,(H,21,26). The van der Waals surface area contributed by atoms with Crippen molar-refractivity contribution in [1.29, 1.82) is 0 Å². The van der Waals surface area contributed by atoms with Crippen LogP contribution in [0.4, 0.5) is 0 Å². The highest BCUT2D eigenvalue weighted by atomic mass is 16.2. The van der Waals surface area contributed by atoms with Gasteiger partial charge in [-0.1, -0.05) is 12.1 Å². The van der Waals surface area contributed by atoms with Gasteiger partial charge in [0.15, 0.2) is 0 Å². The van der Waals surface area contributed by atoms with Gasteiger partial charge in [0.25, 0.3) is 5.56 Å². The maximum absolute atomic E-state index is 12.8. The van der Waals surface area contributed by atoms with E-state index < -0.39 is 0 Å². The lowest BCUT2D eigenvalue weighted by atomic mass is 10.2. The van der Waals surface area contributed by atoms with E-state index in [1.165, 1.54) is 4.57 Å². The molecular weight excluding hydrogens is 358 g/mol. The first-order valence-corrected chi connectivity index (χ1v) is 9.72. The monoisotopic (exact) mass is 385 g/mol. The number of fused-ring (bicyclic) bond motifs is 1. The fourth-order valence-corrected chi connectivity index (χ4v) is 3.54. The molecule has 0 aliphatic carbocycles.